The molecule has 3 aliphatic rings. The van der Waals surface area contributed by atoms with Gasteiger partial charge >= 0.3 is 0 Å². The molecule has 2 saturated heterocycles. The molecule has 1 aromatic heterocycles. The summed E-state index contributed by atoms with van der Waals surface area (Å²) in [6, 6.07) is 0.322. The lowest BCUT2D eigenvalue weighted by Gasteiger charge is -2.40. The van der Waals surface area contributed by atoms with Crippen molar-refractivity contribution in [2.75, 3.05) is 20.1 Å². The van der Waals surface area contributed by atoms with E-state index in [2.05, 4.69) is 9.88 Å². The highest BCUT2D eigenvalue weighted by atomic mass is 16.1. The topological polar surface area (TPSA) is 56.4 Å². The van der Waals surface area contributed by atoms with Crippen molar-refractivity contribution in [1.82, 2.24) is 14.8 Å². The molecule has 0 saturated carbocycles. The van der Waals surface area contributed by atoms with Crippen LogP contribution in [-0.4, -0.2) is 52.7 Å². The summed E-state index contributed by atoms with van der Waals surface area (Å²) in [5.74, 6) is 0.460. The molecule has 1 spiro atoms. The molecule has 3 aliphatic heterocycles. The third-order valence-corrected chi connectivity index (χ3v) is 5.10. The monoisotopic (exact) mass is 245 g/mol. The van der Waals surface area contributed by atoms with Gasteiger partial charge in [-0.05, 0) is 19.0 Å². The van der Waals surface area contributed by atoms with E-state index in [4.69, 9.17) is 0 Å². The van der Waals surface area contributed by atoms with Crippen molar-refractivity contribution in [3.05, 3.63) is 23.5 Å². The molecule has 5 nitrogen and oxygen atoms in total. The summed E-state index contributed by atoms with van der Waals surface area (Å²) in [4.78, 5) is 30.8. The molecule has 4 heterocycles. The van der Waals surface area contributed by atoms with Gasteiger partial charge in [-0.25, -0.2) is 0 Å². The Kier molecular flexibility index (Phi) is 1.74. The zero-order valence-electron chi connectivity index (χ0n) is 10.2. The molecule has 1 amide bonds. The number of fused-ring (bicyclic) bond motifs is 3. The van der Waals surface area contributed by atoms with Crippen molar-refractivity contribution >= 4 is 12.2 Å². The number of nitrogens with zero attached hydrogens (tertiary/aromatic N) is 2. The third kappa shape index (κ3) is 0.903. The fraction of sp³-hybridized carbons (Fsp3) is 0.538. The molecule has 3 atom stereocenters. The molecule has 4 rings (SSSR count). The molecule has 1 aromatic rings. The van der Waals surface area contributed by atoms with E-state index in [0.29, 0.717) is 19.1 Å². The first-order chi connectivity index (χ1) is 8.68. The Morgan fingerprint density at radius 2 is 2.33 bits per heavy atom. The SMILES string of the molecule is CN1[C@H]2C[C@H]3CN(C=O)C[C@]31C(=O)c1c[nH]cc12. The molecular formula is C13H15N3O2. The largest absolute Gasteiger partial charge is 0.367 e. The normalized spacial score (nSPS) is 37.8. The van der Waals surface area contributed by atoms with E-state index in [0.717, 1.165) is 24.0 Å². The van der Waals surface area contributed by atoms with E-state index in [-0.39, 0.29) is 11.7 Å². The van der Waals surface area contributed by atoms with Gasteiger partial charge in [-0.15, -0.1) is 0 Å². The van der Waals surface area contributed by atoms with Crippen molar-refractivity contribution in [3.8, 4) is 0 Å². The Morgan fingerprint density at radius 1 is 1.50 bits per heavy atom. The molecular weight excluding hydrogens is 230 g/mol. The number of Topliss-reactive ketones (excluding diaryl/α,β-unsaturated/α-hetero) is 1. The summed E-state index contributed by atoms with van der Waals surface area (Å²) in [7, 11) is 2.02. The highest BCUT2D eigenvalue weighted by Gasteiger charge is 2.64. The maximum atomic E-state index is 12.8. The number of likely N-dealkylation sites (N-methyl/N-ethyl adjacent to an activating group) is 1. The number of carbonyl (C=O) groups is 2. The van der Waals surface area contributed by atoms with Gasteiger partial charge < -0.3 is 9.88 Å². The molecule has 2 fully saturated rings. The predicted molar refractivity (Wildman–Crippen MR) is 64.1 cm³/mol. The van der Waals surface area contributed by atoms with Crippen LogP contribution in [0.3, 0.4) is 0 Å². The van der Waals surface area contributed by atoms with Crippen molar-refractivity contribution in [2.45, 2.75) is 18.0 Å². The number of carbonyl (C=O) groups excluding carboxylic acids is 2. The Labute approximate surface area is 105 Å². The number of ketones is 1. The first-order valence-electron chi connectivity index (χ1n) is 6.32. The second kappa shape index (κ2) is 3.03. The fourth-order valence-corrected chi connectivity index (χ4v) is 4.23. The average molecular weight is 245 g/mol. The van der Waals surface area contributed by atoms with Crippen LogP contribution in [-0.2, 0) is 4.79 Å². The van der Waals surface area contributed by atoms with Crippen LogP contribution in [0.1, 0.15) is 28.4 Å². The first kappa shape index (κ1) is 10.3. The van der Waals surface area contributed by atoms with E-state index in [1.807, 2.05) is 19.4 Å². The standard InChI is InChI=1S/C13H15N3O2/c1-15-11-2-8-5-16(7-17)6-13(8,15)12(18)10-4-14-3-9(10)11/h3-4,7-8,11,14H,2,5-6H2,1H3/t8-,11-,13+/m0/s1. The number of amides is 1. The maximum absolute atomic E-state index is 12.8. The van der Waals surface area contributed by atoms with Gasteiger partial charge in [-0.2, -0.15) is 0 Å². The van der Waals surface area contributed by atoms with Crippen LogP contribution in [0.25, 0.3) is 0 Å². The first-order valence-corrected chi connectivity index (χ1v) is 6.32. The molecule has 0 radical (unpaired) electrons. The van der Waals surface area contributed by atoms with E-state index >= 15 is 0 Å². The summed E-state index contributed by atoms with van der Waals surface area (Å²) in [6.07, 6.45) is 5.60. The number of nitrogens with one attached hydrogen (secondary N) is 1. The van der Waals surface area contributed by atoms with Gasteiger partial charge in [0.1, 0.15) is 5.54 Å². The van der Waals surface area contributed by atoms with Gasteiger partial charge in [0, 0.05) is 43.0 Å². The van der Waals surface area contributed by atoms with Crippen LogP contribution in [0.2, 0.25) is 0 Å². The van der Waals surface area contributed by atoms with Gasteiger partial charge in [-0.3, -0.25) is 14.5 Å². The van der Waals surface area contributed by atoms with Gasteiger partial charge in [0.15, 0.2) is 5.78 Å². The smallest absolute Gasteiger partial charge is 0.209 e. The number of rotatable bonds is 1. The second-order valence-electron chi connectivity index (χ2n) is 5.67. The van der Waals surface area contributed by atoms with Gasteiger partial charge in [0.05, 0.1) is 0 Å². The zero-order chi connectivity index (χ0) is 12.5. The van der Waals surface area contributed by atoms with E-state index in [1.54, 1.807) is 4.90 Å². The second-order valence-corrected chi connectivity index (χ2v) is 5.67. The van der Waals surface area contributed by atoms with E-state index in [1.165, 1.54) is 0 Å². The van der Waals surface area contributed by atoms with Gasteiger partial charge in [0.25, 0.3) is 0 Å². The summed E-state index contributed by atoms with van der Waals surface area (Å²) in [5.41, 5.74) is 1.48. The van der Waals surface area contributed by atoms with Crippen LogP contribution in [0, 0.1) is 5.92 Å². The number of H-pyrrole nitrogens is 1. The quantitative estimate of drug-likeness (QED) is 0.729. The molecule has 5 heteroatoms. The molecule has 0 aromatic carbocycles. The molecule has 1 N–H and O–H groups in total. The summed E-state index contributed by atoms with van der Waals surface area (Å²) in [5, 5.41) is 0. The summed E-state index contributed by atoms with van der Waals surface area (Å²) in [6.45, 7) is 1.25. The molecule has 2 bridgehead atoms. The van der Waals surface area contributed by atoms with Gasteiger partial charge in [-0.1, -0.05) is 0 Å². The highest BCUT2D eigenvalue weighted by Crippen LogP contribution is 2.54. The predicted octanol–water partition coefficient (Wildman–Crippen LogP) is 0.415. The highest BCUT2D eigenvalue weighted by molar-refractivity contribution is 6.07. The van der Waals surface area contributed by atoms with Gasteiger partial charge in [0.2, 0.25) is 6.41 Å². The zero-order valence-corrected chi connectivity index (χ0v) is 10.2. The Hall–Kier alpha value is -1.62. The Bertz CT molecular complexity index is 552. The number of aromatic nitrogens is 1. The lowest BCUT2D eigenvalue weighted by molar-refractivity contribution is -0.117. The minimum atomic E-state index is -0.471. The summed E-state index contributed by atoms with van der Waals surface area (Å²) >= 11 is 0. The fourth-order valence-electron chi connectivity index (χ4n) is 4.23. The molecule has 18 heavy (non-hydrogen) atoms. The van der Waals surface area contributed by atoms with Crippen LogP contribution in [0.5, 0.6) is 0 Å². The van der Waals surface area contributed by atoms with Crippen molar-refractivity contribution < 1.29 is 9.59 Å². The Morgan fingerprint density at radius 3 is 3.11 bits per heavy atom. The lowest BCUT2D eigenvalue weighted by atomic mass is 9.81. The number of hydrogen-bond acceptors (Lipinski definition) is 3. The van der Waals surface area contributed by atoms with Crippen molar-refractivity contribution in [2.24, 2.45) is 5.92 Å². The van der Waals surface area contributed by atoms with Crippen LogP contribution < -0.4 is 0 Å². The summed E-state index contributed by atoms with van der Waals surface area (Å²) < 4.78 is 0. The molecule has 0 aliphatic carbocycles. The van der Waals surface area contributed by atoms with Crippen LogP contribution >= 0.6 is 0 Å². The van der Waals surface area contributed by atoms with Crippen LogP contribution in [0.4, 0.5) is 0 Å². The molecule has 0 unspecified atom stereocenters. The van der Waals surface area contributed by atoms with E-state index < -0.39 is 5.54 Å². The average Bonchev–Trinajstić information content (AvgIpc) is 3.01. The van der Waals surface area contributed by atoms with Crippen molar-refractivity contribution in [3.63, 3.8) is 0 Å². The minimum absolute atomic E-state index is 0.185. The number of aromatic amines is 1. The third-order valence-electron chi connectivity index (χ3n) is 5.10. The number of hydrogen-bond donors (Lipinski definition) is 1. The maximum Gasteiger partial charge on any atom is 0.209 e. The van der Waals surface area contributed by atoms with E-state index in [9.17, 15) is 9.59 Å². The minimum Gasteiger partial charge on any atom is -0.367 e. The lowest BCUT2D eigenvalue weighted by Crippen LogP contribution is -2.56. The Balaban J connectivity index is 1.90. The van der Waals surface area contributed by atoms with Crippen molar-refractivity contribution in [1.29, 1.82) is 0 Å². The molecule has 94 valence electrons. The van der Waals surface area contributed by atoms with Crippen LogP contribution in [0.15, 0.2) is 12.4 Å². The number of likely N-dealkylation sites (tertiary alicyclic amines) is 1.